The highest BCUT2D eigenvalue weighted by Crippen LogP contribution is 1.89. The fourth-order valence-corrected chi connectivity index (χ4v) is 0.914. The molecular weight excluding hydrogens is 182 g/mol. The van der Waals surface area contributed by atoms with Crippen LogP contribution in [-0.2, 0) is 9.53 Å². The molecule has 0 aromatic heterocycles. The topological polar surface area (TPSA) is 58.6 Å². The monoisotopic (exact) mass is 201 g/mol. The molecule has 4 heteroatoms. The number of carboxylic acid groups (broad SMARTS) is 1. The van der Waals surface area contributed by atoms with Gasteiger partial charge in [0.25, 0.3) is 0 Å². The Labute approximate surface area is 85.0 Å². The number of ether oxygens (including phenoxy) is 1. The van der Waals surface area contributed by atoms with Crippen LogP contribution in [0.2, 0.25) is 0 Å². The Bertz CT molecular complexity index is 200. The van der Waals surface area contributed by atoms with Gasteiger partial charge < -0.3 is 15.2 Å². The molecular formula is C10H19NO3. The van der Waals surface area contributed by atoms with Gasteiger partial charge in [-0.15, -0.1) is 0 Å². The van der Waals surface area contributed by atoms with E-state index >= 15 is 0 Å². The zero-order chi connectivity index (χ0) is 11.0. The molecule has 0 aromatic carbocycles. The van der Waals surface area contributed by atoms with Crippen LogP contribution in [0.4, 0.5) is 0 Å². The van der Waals surface area contributed by atoms with E-state index in [2.05, 4.69) is 5.32 Å². The van der Waals surface area contributed by atoms with Crippen LogP contribution in [0.25, 0.3) is 0 Å². The van der Waals surface area contributed by atoms with E-state index in [1.807, 2.05) is 13.8 Å². The Morgan fingerprint density at radius 3 is 2.71 bits per heavy atom. The highest BCUT2D eigenvalue weighted by Gasteiger charge is 1.95. The van der Waals surface area contributed by atoms with Gasteiger partial charge in [0.2, 0.25) is 0 Å². The van der Waals surface area contributed by atoms with Gasteiger partial charge in [0.05, 0.1) is 12.7 Å². The molecule has 0 amide bonds. The van der Waals surface area contributed by atoms with Crippen LogP contribution >= 0.6 is 0 Å². The van der Waals surface area contributed by atoms with E-state index in [0.717, 1.165) is 12.1 Å². The third-order valence-electron chi connectivity index (χ3n) is 1.50. The van der Waals surface area contributed by atoms with Crippen LogP contribution in [0.1, 0.15) is 20.8 Å². The molecule has 0 unspecified atom stereocenters. The number of hydrogen-bond acceptors (Lipinski definition) is 3. The van der Waals surface area contributed by atoms with Gasteiger partial charge in [0.15, 0.2) is 0 Å². The number of hydrogen-bond donors (Lipinski definition) is 2. The minimum absolute atomic E-state index is 0.243. The van der Waals surface area contributed by atoms with E-state index in [9.17, 15) is 4.79 Å². The molecule has 0 spiro atoms. The van der Waals surface area contributed by atoms with E-state index in [1.54, 1.807) is 6.92 Å². The average Bonchev–Trinajstić information content (AvgIpc) is 2.01. The third-order valence-corrected chi connectivity index (χ3v) is 1.50. The van der Waals surface area contributed by atoms with E-state index in [1.165, 1.54) is 6.08 Å². The molecule has 0 aliphatic carbocycles. The van der Waals surface area contributed by atoms with E-state index in [4.69, 9.17) is 9.84 Å². The van der Waals surface area contributed by atoms with E-state index in [-0.39, 0.29) is 6.10 Å². The van der Waals surface area contributed by atoms with Crippen molar-refractivity contribution in [2.24, 2.45) is 0 Å². The van der Waals surface area contributed by atoms with Crippen molar-refractivity contribution in [3.8, 4) is 0 Å². The van der Waals surface area contributed by atoms with Crippen molar-refractivity contribution >= 4 is 5.97 Å². The summed E-state index contributed by atoms with van der Waals surface area (Å²) >= 11 is 0. The molecule has 0 rings (SSSR count). The molecule has 14 heavy (non-hydrogen) atoms. The van der Waals surface area contributed by atoms with Crippen molar-refractivity contribution in [1.82, 2.24) is 5.32 Å². The lowest BCUT2D eigenvalue weighted by Crippen LogP contribution is -2.23. The minimum Gasteiger partial charge on any atom is -0.478 e. The van der Waals surface area contributed by atoms with Crippen molar-refractivity contribution < 1.29 is 14.6 Å². The molecule has 82 valence electrons. The maximum absolute atomic E-state index is 10.3. The van der Waals surface area contributed by atoms with Crippen LogP contribution in [-0.4, -0.2) is 36.9 Å². The minimum atomic E-state index is -0.900. The van der Waals surface area contributed by atoms with Crippen molar-refractivity contribution in [3.05, 3.63) is 11.6 Å². The maximum Gasteiger partial charge on any atom is 0.328 e. The average molecular weight is 201 g/mol. The molecule has 0 saturated heterocycles. The molecule has 0 atom stereocenters. The Hall–Kier alpha value is -0.870. The SMILES string of the molecule is CC(=CC(=O)O)CNCCOC(C)C. The van der Waals surface area contributed by atoms with Gasteiger partial charge >= 0.3 is 5.97 Å². The lowest BCUT2D eigenvalue weighted by atomic mass is 10.3. The predicted molar refractivity (Wildman–Crippen MR) is 55.4 cm³/mol. The molecule has 4 nitrogen and oxygen atoms in total. The highest BCUT2D eigenvalue weighted by molar-refractivity contribution is 5.80. The largest absolute Gasteiger partial charge is 0.478 e. The second kappa shape index (κ2) is 7.53. The lowest BCUT2D eigenvalue weighted by Gasteiger charge is -2.08. The summed E-state index contributed by atoms with van der Waals surface area (Å²) in [5.41, 5.74) is 0.807. The Balaban J connectivity index is 3.41. The molecule has 0 fully saturated rings. The summed E-state index contributed by atoms with van der Waals surface area (Å²) in [6.45, 7) is 7.73. The van der Waals surface area contributed by atoms with Gasteiger partial charge in [0.1, 0.15) is 0 Å². The summed E-state index contributed by atoms with van der Waals surface area (Å²) in [4.78, 5) is 10.3. The molecule has 0 heterocycles. The smallest absolute Gasteiger partial charge is 0.328 e. The van der Waals surface area contributed by atoms with Crippen LogP contribution in [0, 0.1) is 0 Å². The second-order valence-electron chi connectivity index (χ2n) is 3.43. The zero-order valence-corrected chi connectivity index (χ0v) is 9.04. The molecule has 0 aromatic rings. The zero-order valence-electron chi connectivity index (χ0n) is 9.04. The Morgan fingerprint density at radius 1 is 1.57 bits per heavy atom. The molecule has 0 aliphatic rings. The van der Waals surface area contributed by atoms with E-state index < -0.39 is 5.97 Å². The first-order chi connectivity index (χ1) is 6.52. The van der Waals surface area contributed by atoms with Crippen molar-refractivity contribution in [1.29, 1.82) is 0 Å². The molecule has 2 N–H and O–H groups in total. The van der Waals surface area contributed by atoms with Gasteiger partial charge in [-0.1, -0.05) is 5.57 Å². The summed E-state index contributed by atoms with van der Waals surface area (Å²) in [5.74, 6) is -0.900. The normalized spacial score (nSPS) is 12.1. The summed E-state index contributed by atoms with van der Waals surface area (Å²) in [5, 5.41) is 11.5. The first kappa shape index (κ1) is 13.1. The number of aliphatic carboxylic acids is 1. The van der Waals surface area contributed by atoms with Crippen LogP contribution in [0.15, 0.2) is 11.6 Å². The quantitative estimate of drug-likeness (QED) is 0.477. The second-order valence-corrected chi connectivity index (χ2v) is 3.43. The predicted octanol–water partition coefficient (Wildman–Crippen LogP) is 1.03. The Morgan fingerprint density at radius 2 is 2.21 bits per heavy atom. The fraction of sp³-hybridized carbons (Fsp3) is 0.700. The Kier molecular flexibility index (Phi) is 7.06. The molecule has 0 radical (unpaired) electrons. The van der Waals surface area contributed by atoms with Gasteiger partial charge in [-0.05, 0) is 20.8 Å². The van der Waals surface area contributed by atoms with Crippen LogP contribution in [0.5, 0.6) is 0 Å². The number of rotatable bonds is 7. The van der Waals surface area contributed by atoms with Gasteiger partial charge in [-0.2, -0.15) is 0 Å². The molecule has 0 saturated carbocycles. The summed E-state index contributed by atoms with van der Waals surface area (Å²) in [6, 6.07) is 0. The third kappa shape index (κ3) is 9.22. The first-order valence-corrected chi connectivity index (χ1v) is 4.74. The number of carbonyl (C=O) groups is 1. The highest BCUT2D eigenvalue weighted by atomic mass is 16.5. The van der Waals surface area contributed by atoms with Gasteiger partial charge in [-0.25, -0.2) is 4.79 Å². The molecule has 0 bridgehead atoms. The summed E-state index contributed by atoms with van der Waals surface area (Å²) in [6.07, 6.45) is 1.45. The number of carboxylic acids is 1. The maximum atomic E-state index is 10.3. The standard InChI is InChI=1S/C10H19NO3/c1-8(2)14-5-4-11-7-9(3)6-10(12)13/h6,8,11H,4-5,7H2,1-3H3,(H,12,13). The van der Waals surface area contributed by atoms with Gasteiger partial charge in [0, 0.05) is 19.2 Å². The fourth-order valence-electron chi connectivity index (χ4n) is 0.914. The number of nitrogens with one attached hydrogen (secondary N) is 1. The lowest BCUT2D eigenvalue weighted by molar-refractivity contribution is -0.131. The van der Waals surface area contributed by atoms with Crippen LogP contribution < -0.4 is 5.32 Å². The van der Waals surface area contributed by atoms with Crippen LogP contribution in [0.3, 0.4) is 0 Å². The first-order valence-electron chi connectivity index (χ1n) is 4.74. The van der Waals surface area contributed by atoms with Crippen molar-refractivity contribution in [3.63, 3.8) is 0 Å². The van der Waals surface area contributed by atoms with Gasteiger partial charge in [-0.3, -0.25) is 0 Å². The summed E-state index contributed by atoms with van der Waals surface area (Å²) in [7, 11) is 0. The van der Waals surface area contributed by atoms with E-state index in [0.29, 0.717) is 13.2 Å². The summed E-state index contributed by atoms with van der Waals surface area (Å²) < 4.78 is 5.31. The molecule has 0 aliphatic heterocycles. The van der Waals surface area contributed by atoms with Crippen molar-refractivity contribution in [2.75, 3.05) is 19.7 Å². The van der Waals surface area contributed by atoms with Crippen molar-refractivity contribution in [2.45, 2.75) is 26.9 Å².